The van der Waals surface area contributed by atoms with Gasteiger partial charge in [0.25, 0.3) is 0 Å². The van der Waals surface area contributed by atoms with Gasteiger partial charge in [-0.25, -0.2) is 13.1 Å². The molecule has 0 bridgehead atoms. The van der Waals surface area contributed by atoms with E-state index < -0.39 is 10.0 Å². The van der Waals surface area contributed by atoms with Crippen LogP contribution in [-0.4, -0.2) is 33.3 Å². The smallest absolute Gasteiger partial charge is 0.213 e. The van der Waals surface area contributed by atoms with Crippen molar-refractivity contribution in [2.75, 3.05) is 18.8 Å². The molecule has 15 heavy (non-hydrogen) atoms. The Bertz CT molecular complexity index is 282. The van der Waals surface area contributed by atoms with E-state index in [9.17, 15) is 8.42 Å². The van der Waals surface area contributed by atoms with Gasteiger partial charge in [0.2, 0.25) is 10.0 Å². The molecule has 0 aromatic carbocycles. The van der Waals surface area contributed by atoms with E-state index in [-0.39, 0.29) is 11.8 Å². The zero-order valence-electron chi connectivity index (χ0n) is 9.04. The van der Waals surface area contributed by atoms with Gasteiger partial charge in [-0.2, -0.15) is 0 Å². The van der Waals surface area contributed by atoms with Crippen molar-refractivity contribution < 1.29 is 8.42 Å². The first-order valence-corrected chi connectivity index (χ1v) is 7.11. The van der Waals surface area contributed by atoms with Crippen LogP contribution in [0.2, 0.25) is 0 Å². The zero-order valence-corrected chi connectivity index (χ0v) is 9.85. The van der Waals surface area contributed by atoms with Crippen molar-refractivity contribution in [2.24, 2.45) is 0 Å². The van der Waals surface area contributed by atoms with Gasteiger partial charge in [0.05, 0.1) is 5.75 Å². The molecule has 5 heteroatoms. The average Bonchev–Trinajstić information content (AvgIpc) is 2.18. The van der Waals surface area contributed by atoms with Gasteiger partial charge < -0.3 is 5.32 Å². The van der Waals surface area contributed by atoms with Crippen LogP contribution in [0.1, 0.15) is 25.7 Å². The molecule has 4 nitrogen and oxygen atoms in total. The number of sulfonamides is 1. The molecule has 2 N–H and O–H groups in total. The van der Waals surface area contributed by atoms with Crippen molar-refractivity contribution in [1.29, 1.82) is 0 Å². The summed E-state index contributed by atoms with van der Waals surface area (Å²) in [6.45, 7) is 4.94. The van der Waals surface area contributed by atoms with Crippen molar-refractivity contribution in [3.8, 4) is 0 Å². The Morgan fingerprint density at radius 1 is 1.47 bits per heavy atom. The summed E-state index contributed by atoms with van der Waals surface area (Å²) in [6.07, 6.45) is 5.63. The van der Waals surface area contributed by atoms with Gasteiger partial charge in [-0.15, -0.1) is 6.58 Å². The van der Waals surface area contributed by atoms with E-state index in [1.165, 1.54) is 0 Å². The third-order valence-corrected chi connectivity index (χ3v) is 3.99. The monoisotopic (exact) mass is 232 g/mol. The van der Waals surface area contributed by atoms with Gasteiger partial charge in [0.1, 0.15) is 0 Å². The summed E-state index contributed by atoms with van der Waals surface area (Å²) < 4.78 is 25.7. The molecule has 0 radical (unpaired) electrons. The number of hydrogen-bond donors (Lipinski definition) is 2. The van der Waals surface area contributed by atoms with Gasteiger partial charge in [0.15, 0.2) is 0 Å². The van der Waals surface area contributed by atoms with E-state index in [0.29, 0.717) is 13.0 Å². The van der Waals surface area contributed by atoms with Crippen LogP contribution in [0, 0.1) is 0 Å². The average molecular weight is 232 g/mol. The van der Waals surface area contributed by atoms with Gasteiger partial charge in [-0.3, -0.25) is 0 Å². The Morgan fingerprint density at radius 2 is 2.27 bits per heavy atom. The summed E-state index contributed by atoms with van der Waals surface area (Å²) in [5.41, 5.74) is 0. The molecule has 1 aliphatic rings. The highest BCUT2D eigenvalue weighted by Gasteiger charge is 2.19. The van der Waals surface area contributed by atoms with Gasteiger partial charge >= 0.3 is 0 Å². The molecule has 1 saturated heterocycles. The first kappa shape index (κ1) is 12.7. The Balaban J connectivity index is 2.30. The van der Waals surface area contributed by atoms with E-state index in [0.717, 1.165) is 25.8 Å². The van der Waals surface area contributed by atoms with Crippen LogP contribution in [0.25, 0.3) is 0 Å². The van der Waals surface area contributed by atoms with Gasteiger partial charge in [-0.05, 0) is 25.8 Å². The summed E-state index contributed by atoms with van der Waals surface area (Å²) in [7, 11) is -3.11. The Labute approximate surface area is 92.2 Å². The van der Waals surface area contributed by atoms with Crippen LogP contribution in [0.5, 0.6) is 0 Å². The molecule has 1 rings (SSSR count). The third-order valence-electron chi connectivity index (χ3n) is 2.50. The highest BCUT2D eigenvalue weighted by molar-refractivity contribution is 7.89. The SMILES string of the molecule is C=CCCNS(=O)(=O)CC1CCCCN1. The number of rotatable bonds is 6. The molecule has 0 aliphatic carbocycles. The predicted octanol–water partition coefficient (Wildman–Crippen LogP) is 0.624. The quantitative estimate of drug-likeness (QED) is 0.521. The minimum absolute atomic E-state index is 0.125. The number of hydrogen-bond acceptors (Lipinski definition) is 3. The van der Waals surface area contributed by atoms with Crippen LogP contribution in [0.15, 0.2) is 12.7 Å². The van der Waals surface area contributed by atoms with Gasteiger partial charge in [-0.1, -0.05) is 12.5 Å². The second-order valence-electron chi connectivity index (χ2n) is 3.90. The lowest BCUT2D eigenvalue weighted by Crippen LogP contribution is -2.42. The molecule has 1 atom stereocenters. The van der Waals surface area contributed by atoms with Crippen molar-refractivity contribution in [1.82, 2.24) is 10.0 Å². The van der Waals surface area contributed by atoms with E-state index in [1.807, 2.05) is 0 Å². The van der Waals surface area contributed by atoms with Crippen molar-refractivity contribution in [3.63, 3.8) is 0 Å². The Morgan fingerprint density at radius 3 is 2.87 bits per heavy atom. The molecule has 1 fully saturated rings. The molecule has 0 spiro atoms. The molecule has 1 unspecified atom stereocenters. The largest absolute Gasteiger partial charge is 0.313 e. The minimum Gasteiger partial charge on any atom is -0.313 e. The lowest BCUT2D eigenvalue weighted by atomic mass is 10.1. The normalized spacial score (nSPS) is 22.5. The minimum atomic E-state index is -3.11. The molecular formula is C10H20N2O2S. The standard InChI is InChI=1S/C10H20N2O2S/c1-2-3-8-12-15(13,14)9-10-6-4-5-7-11-10/h2,10-12H,1,3-9H2. The number of nitrogens with one attached hydrogen (secondary N) is 2. The van der Waals surface area contributed by atoms with Crippen LogP contribution >= 0.6 is 0 Å². The summed E-state index contributed by atoms with van der Waals surface area (Å²) in [6, 6.07) is 0.125. The summed E-state index contributed by atoms with van der Waals surface area (Å²) in [5, 5.41) is 3.23. The zero-order chi connectivity index (χ0) is 11.1. The molecule has 88 valence electrons. The predicted molar refractivity (Wildman–Crippen MR) is 62.2 cm³/mol. The van der Waals surface area contributed by atoms with Gasteiger partial charge in [0, 0.05) is 12.6 Å². The van der Waals surface area contributed by atoms with Crippen LogP contribution in [0.4, 0.5) is 0 Å². The molecule has 0 saturated carbocycles. The maximum Gasteiger partial charge on any atom is 0.213 e. The molecule has 1 heterocycles. The van der Waals surface area contributed by atoms with Crippen LogP contribution in [0.3, 0.4) is 0 Å². The Kier molecular flexibility index (Phi) is 5.28. The molecule has 0 amide bonds. The van der Waals surface area contributed by atoms with Crippen molar-refractivity contribution in [2.45, 2.75) is 31.7 Å². The fraction of sp³-hybridized carbons (Fsp3) is 0.800. The topological polar surface area (TPSA) is 58.2 Å². The lowest BCUT2D eigenvalue weighted by molar-refractivity contribution is 0.422. The molecule has 1 aliphatic heterocycles. The van der Waals surface area contributed by atoms with E-state index in [2.05, 4.69) is 16.6 Å². The second-order valence-corrected chi connectivity index (χ2v) is 5.75. The highest BCUT2D eigenvalue weighted by Crippen LogP contribution is 2.08. The molecule has 0 aromatic heterocycles. The summed E-state index contributed by atoms with van der Waals surface area (Å²) in [5.74, 6) is 0.199. The molecular weight excluding hydrogens is 212 g/mol. The number of piperidine rings is 1. The van der Waals surface area contributed by atoms with E-state index in [1.54, 1.807) is 6.08 Å². The maximum atomic E-state index is 11.6. The van der Waals surface area contributed by atoms with Crippen molar-refractivity contribution in [3.05, 3.63) is 12.7 Å². The van der Waals surface area contributed by atoms with Crippen LogP contribution < -0.4 is 10.0 Å². The first-order valence-electron chi connectivity index (χ1n) is 5.45. The van der Waals surface area contributed by atoms with Crippen LogP contribution in [-0.2, 0) is 10.0 Å². The maximum absolute atomic E-state index is 11.6. The first-order chi connectivity index (χ1) is 7.14. The highest BCUT2D eigenvalue weighted by atomic mass is 32.2. The third kappa shape index (κ3) is 5.30. The fourth-order valence-corrected chi connectivity index (χ4v) is 3.07. The summed E-state index contributed by atoms with van der Waals surface area (Å²) in [4.78, 5) is 0. The second kappa shape index (κ2) is 6.25. The fourth-order valence-electron chi connectivity index (χ4n) is 1.71. The van der Waals surface area contributed by atoms with E-state index in [4.69, 9.17) is 0 Å². The van der Waals surface area contributed by atoms with Crippen molar-refractivity contribution >= 4 is 10.0 Å². The Hall–Kier alpha value is -0.390. The van der Waals surface area contributed by atoms with E-state index >= 15 is 0 Å². The molecule has 0 aromatic rings. The summed E-state index contributed by atoms with van der Waals surface area (Å²) >= 11 is 0. The lowest BCUT2D eigenvalue weighted by Gasteiger charge is -2.23.